The molecule has 0 saturated carbocycles. The van der Waals surface area contributed by atoms with Crippen LogP contribution in [0.25, 0.3) is 0 Å². The number of aromatic nitrogens is 2. The van der Waals surface area contributed by atoms with Crippen LogP contribution in [-0.4, -0.2) is 41.9 Å². The van der Waals surface area contributed by atoms with E-state index in [2.05, 4.69) is 15.5 Å². The van der Waals surface area contributed by atoms with Crippen molar-refractivity contribution in [1.29, 1.82) is 0 Å². The molecule has 0 aliphatic carbocycles. The maximum atomic E-state index is 14.2. The summed E-state index contributed by atoms with van der Waals surface area (Å²) in [5, 5.41) is 11.4. The first-order valence-electron chi connectivity index (χ1n) is 8.62. The summed E-state index contributed by atoms with van der Waals surface area (Å²) >= 11 is 1.21. The molecule has 0 fully saturated rings. The lowest BCUT2D eigenvalue weighted by molar-refractivity contribution is 0.102. The SMILES string of the molecule is CCN(CC)S(=O)(=O)c1ccc(F)c(C(=O)Nc2nnc(CC(C)C)s2)c1. The van der Waals surface area contributed by atoms with Gasteiger partial charge in [-0.25, -0.2) is 12.8 Å². The van der Waals surface area contributed by atoms with Gasteiger partial charge in [0.1, 0.15) is 10.8 Å². The van der Waals surface area contributed by atoms with Crippen LogP contribution < -0.4 is 5.32 Å². The second-order valence-corrected chi connectivity index (χ2v) is 9.28. The minimum absolute atomic E-state index is 0.129. The number of benzene rings is 1. The summed E-state index contributed by atoms with van der Waals surface area (Å²) in [4.78, 5) is 12.3. The van der Waals surface area contributed by atoms with Crippen molar-refractivity contribution in [2.75, 3.05) is 18.4 Å². The average molecular weight is 415 g/mol. The van der Waals surface area contributed by atoms with Crippen molar-refractivity contribution in [2.45, 2.75) is 39.0 Å². The van der Waals surface area contributed by atoms with Crippen LogP contribution in [0.2, 0.25) is 0 Å². The van der Waals surface area contributed by atoms with Crippen molar-refractivity contribution in [3.63, 3.8) is 0 Å². The van der Waals surface area contributed by atoms with Crippen LogP contribution in [0, 0.1) is 11.7 Å². The average Bonchev–Trinajstić information content (AvgIpc) is 3.01. The highest BCUT2D eigenvalue weighted by atomic mass is 32.2. The van der Waals surface area contributed by atoms with Crippen molar-refractivity contribution in [3.05, 3.63) is 34.6 Å². The first-order valence-corrected chi connectivity index (χ1v) is 10.9. The van der Waals surface area contributed by atoms with Gasteiger partial charge in [-0.15, -0.1) is 10.2 Å². The number of sulfonamides is 1. The molecule has 0 aliphatic rings. The first kappa shape index (κ1) is 21.4. The molecule has 2 aromatic rings. The van der Waals surface area contributed by atoms with Crippen LogP contribution in [0.5, 0.6) is 0 Å². The largest absolute Gasteiger partial charge is 0.296 e. The molecule has 0 radical (unpaired) electrons. The summed E-state index contributed by atoms with van der Waals surface area (Å²) < 4.78 is 40.6. The molecule has 0 spiro atoms. The lowest BCUT2D eigenvalue weighted by Crippen LogP contribution is -2.31. The van der Waals surface area contributed by atoms with Crippen molar-refractivity contribution < 1.29 is 17.6 Å². The quantitative estimate of drug-likeness (QED) is 0.716. The third-order valence-electron chi connectivity index (χ3n) is 3.80. The monoisotopic (exact) mass is 414 g/mol. The van der Waals surface area contributed by atoms with Gasteiger partial charge in [0.25, 0.3) is 5.91 Å². The Morgan fingerprint density at radius 2 is 1.93 bits per heavy atom. The van der Waals surface area contributed by atoms with Gasteiger partial charge < -0.3 is 0 Å². The molecule has 0 aliphatic heterocycles. The van der Waals surface area contributed by atoms with Gasteiger partial charge >= 0.3 is 0 Å². The summed E-state index contributed by atoms with van der Waals surface area (Å²) in [6, 6.07) is 3.19. The zero-order valence-corrected chi connectivity index (χ0v) is 17.3. The van der Waals surface area contributed by atoms with E-state index < -0.39 is 21.7 Å². The van der Waals surface area contributed by atoms with Gasteiger partial charge in [0.2, 0.25) is 15.2 Å². The van der Waals surface area contributed by atoms with Crippen LogP contribution in [0.15, 0.2) is 23.1 Å². The Kier molecular flexibility index (Phi) is 7.01. The Balaban J connectivity index is 2.27. The third-order valence-corrected chi connectivity index (χ3v) is 6.70. The maximum absolute atomic E-state index is 14.2. The molecule has 148 valence electrons. The fourth-order valence-electron chi connectivity index (χ4n) is 2.45. The zero-order valence-electron chi connectivity index (χ0n) is 15.7. The van der Waals surface area contributed by atoms with Crippen molar-refractivity contribution in [1.82, 2.24) is 14.5 Å². The summed E-state index contributed by atoms with van der Waals surface area (Å²) in [5.41, 5.74) is -0.358. The molecule has 1 N–H and O–H groups in total. The predicted molar refractivity (Wildman–Crippen MR) is 103 cm³/mol. The number of nitrogens with one attached hydrogen (secondary N) is 1. The second kappa shape index (κ2) is 8.85. The van der Waals surface area contributed by atoms with Crippen LogP contribution in [0.4, 0.5) is 9.52 Å². The highest BCUT2D eigenvalue weighted by Crippen LogP contribution is 2.22. The van der Waals surface area contributed by atoms with Crippen molar-refractivity contribution in [2.24, 2.45) is 5.92 Å². The van der Waals surface area contributed by atoms with E-state index in [0.29, 0.717) is 5.92 Å². The Hall–Kier alpha value is -1.91. The molecule has 10 heteroatoms. The standard InChI is InChI=1S/C17H23FN4O3S2/c1-5-22(6-2)27(24,25)12-7-8-14(18)13(10-12)16(23)19-17-21-20-15(26-17)9-11(3)4/h7-8,10-11H,5-6,9H2,1-4H3,(H,19,21,23). The minimum Gasteiger partial charge on any atom is -0.296 e. The van der Waals surface area contributed by atoms with E-state index in [-0.39, 0.29) is 28.7 Å². The molecule has 27 heavy (non-hydrogen) atoms. The van der Waals surface area contributed by atoms with E-state index in [1.165, 1.54) is 15.6 Å². The summed E-state index contributed by atoms with van der Waals surface area (Å²) in [6.07, 6.45) is 0.722. The third kappa shape index (κ3) is 5.08. The summed E-state index contributed by atoms with van der Waals surface area (Å²) in [7, 11) is -3.79. The number of hydrogen-bond acceptors (Lipinski definition) is 6. The Morgan fingerprint density at radius 1 is 1.26 bits per heavy atom. The number of halogens is 1. The fraction of sp³-hybridized carbons (Fsp3) is 0.471. The fourth-order valence-corrected chi connectivity index (χ4v) is 4.88. The molecule has 1 amide bonds. The van der Waals surface area contributed by atoms with Crippen LogP contribution in [0.3, 0.4) is 0 Å². The van der Waals surface area contributed by atoms with E-state index in [1.54, 1.807) is 13.8 Å². The maximum Gasteiger partial charge on any atom is 0.260 e. The van der Waals surface area contributed by atoms with Gasteiger partial charge in [-0.05, 0) is 24.1 Å². The van der Waals surface area contributed by atoms with Crippen LogP contribution in [0.1, 0.15) is 43.1 Å². The lowest BCUT2D eigenvalue weighted by atomic mass is 10.1. The van der Waals surface area contributed by atoms with E-state index in [4.69, 9.17) is 0 Å². The lowest BCUT2D eigenvalue weighted by Gasteiger charge is -2.18. The zero-order chi connectivity index (χ0) is 20.2. The number of anilines is 1. The molecule has 0 unspecified atom stereocenters. The van der Waals surface area contributed by atoms with Gasteiger partial charge in [0.05, 0.1) is 10.5 Å². The molecule has 1 aromatic heterocycles. The minimum atomic E-state index is -3.79. The highest BCUT2D eigenvalue weighted by molar-refractivity contribution is 7.89. The topological polar surface area (TPSA) is 92.3 Å². The van der Waals surface area contributed by atoms with Crippen LogP contribution >= 0.6 is 11.3 Å². The Morgan fingerprint density at radius 3 is 2.52 bits per heavy atom. The number of nitrogens with zero attached hydrogens (tertiary/aromatic N) is 3. The van der Waals surface area contributed by atoms with Crippen molar-refractivity contribution in [3.8, 4) is 0 Å². The molecule has 1 heterocycles. The molecule has 2 rings (SSSR count). The molecule has 0 saturated heterocycles. The number of carbonyl (C=O) groups is 1. The van der Waals surface area contributed by atoms with Gasteiger partial charge in [0.15, 0.2) is 0 Å². The summed E-state index contributed by atoms with van der Waals surface area (Å²) in [6.45, 7) is 8.06. The van der Waals surface area contributed by atoms with E-state index in [9.17, 15) is 17.6 Å². The number of rotatable bonds is 8. The van der Waals surface area contributed by atoms with Crippen LogP contribution in [-0.2, 0) is 16.4 Å². The normalized spacial score (nSPS) is 12.0. The van der Waals surface area contributed by atoms with Gasteiger partial charge in [-0.1, -0.05) is 39.0 Å². The van der Waals surface area contributed by atoms with Gasteiger partial charge in [-0.3, -0.25) is 10.1 Å². The highest BCUT2D eigenvalue weighted by Gasteiger charge is 2.24. The summed E-state index contributed by atoms with van der Waals surface area (Å²) in [5.74, 6) is -1.19. The van der Waals surface area contributed by atoms with E-state index in [0.717, 1.165) is 29.6 Å². The molecular formula is C17H23FN4O3S2. The number of amides is 1. The van der Waals surface area contributed by atoms with Crippen molar-refractivity contribution >= 4 is 32.4 Å². The smallest absolute Gasteiger partial charge is 0.260 e. The predicted octanol–water partition coefficient (Wildman–Crippen LogP) is 3.16. The molecule has 0 bridgehead atoms. The van der Waals surface area contributed by atoms with E-state index in [1.807, 2.05) is 13.8 Å². The Labute approximate surface area is 162 Å². The van der Waals surface area contributed by atoms with Gasteiger partial charge in [0, 0.05) is 19.5 Å². The second-order valence-electron chi connectivity index (χ2n) is 6.28. The molecule has 1 aromatic carbocycles. The molecule has 0 atom stereocenters. The Bertz CT molecular complexity index is 909. The van der Waals surface area contributed by atoms with Gasteiger partial charge in [-0.2, -0.15) is 4.31 Å². The number of carbonyl (C=O) groups excluding carboxylic acids is 1. The number of hydrogen-bond donors (Lipinski definition) is 1. The molecule has 7 nitrogen and oxygen atoms in total. The first-order chi connectivity index (χ1) is 12.7. The molecular weight excluding hydrogens is 391 g/mol. The van der Waals surface area contributed by atoms with E-state index >= 15 is 0 Å².